The van der Waals surface area contributed by atoms with Gasteiger partial charge in [0, 0.05) is 12.4 Å². The van der Waals surface area contributed by atoms with Gasteiger partial charge < -0.3 is 0 Å². The topological polar surface area (TPSA) is 67.2 Å². The Morgan fingerprint density at radius 3 is 2.88 bits per heavy atom. The largest absolute Gasteiger partial charge is 0.329 e. The van der Waals surface area contributed by atoms with E-state index in [1.807, 2.05) is 25.2 Å². The van der Waals surface area contributed by atoms with Crippen molar-refractivity contribution in [3.05, 3.63) is 24.4 Å². The summed E-state index contributed by atoms with van der Waals surface area (Å²) < 4.78 is 1.73. The summed E-state index contributed by atoms with van der Waals surface area (Å²) in [6.45, 7) is 0.0623. The molecule has 0 bridgehead atoms. The normalized spacial score (nSPS) is 15.7. The Kier molecular flexibility index (Phi) is 1.91. The molecule has 0 aliphatic carbocycles. The maximum Gasteiger partial charge on any atom is 0.329 e. The molecule has 1 aromatic carbocycles. The molecule has 0 saturated carbocycles. The van der Waals surface area contributed by atoms with E-state index in [4.69, 9.17) is 0 Å². The minimum atomic E-state index is -0.383. The number of imide groups is 1. The third kappa shape index (κ3) is 1.37. The number of hydrogen-bond acceptors (Lipinski definition) is 3. The maximum atomic E-state index is 11.6. The molecule has 2 heterocycles. The number of anilines is 1. The minimum Gasteiger partial charge on any atom is -0.284 e. The van der Waals surface area contributed by atoms with Crippen LogP contribution in [0.4, 0.5) is 10.5 Å². The van der Waals surface area contributed by atoms with Crippen LogP contribution in [0.1, 0.15) is 0 Å². The van der Waals surface area contributed by atoms with Crippen LogP contribution in [0.3, 0.4) is 0 Å². The molecule has 6 heteroatoms. The van der Waals surface area contributed by atoms with Crippen molar-refractivity contribution in [1.82, 2.24) is 15.1 Å². The Morgan fingerprint density at radius 2 is 2.18 bits per heavy atom. The van der Waals surface area contributed by atoms with E-state index in [-0.39, 0.29) is 18.5 Å². The van der Waals surface area contributed by atoms with Crippen molar-refractivity contribution in [3.63, 3.8) is 0 Å². The summed E-state index contributed by atoms with van der Waals surface area (Å²) in [6, 6.07) is 5.19. The number of aromatic nitrogens is 2. The molecule has 1 aromatic heterocycles. The van der Waals surface area contributed by atoms with E-state index < -0.39 is 0 Å². The lowest BCUT2D eigenvalue weighted by Gasteiger charge is -2.13. The molecule has 3 rings (SSSR count). The SMILES string of the molecule is Cn1ncc2c(N3CC(=O)NC3=O)cccc21. The average molecular weight is 230 g/mol. The summed E-state index contributed by atoms with van der Waals surface area (Å²) in [5, 5.41) is 7.26. The Bertz CT molecular complexity index is 631. The van der Waals surface area contributed by atoms with Crippen LogP contribution in [-0.4, -0.2) is 28.3 Å². The van der Waals surface area contributed by atoms with Crippen LogP contribution < -0.4 is 10.2 Å². The van der Waals surface area contributed by atoms with Gasteiger partial charge in [0.1, 0.15) is 6.54 Å². The van der Waals surface area contributed by atoms with Gasteiger partial charge in [0.25, 0.3) is 0 Å². The van der Waals surface area contributed by atoms with Gasteiger partial charge in [-0.1, -0.05) is 6.07 Å². The lowest BCUT2D eigenvalue weighted by Crippen LogP contribution is -2.27. The number of rotatable bonds is 1. The lowest BCUT2D eigenvalue weighted by atomic mass is 10.2. The predicted molar refractivity (Wildman–Crippen MR) is 61.6 cm³/mol. The second-order valence-corrected chi connectivity index (χ2v) is 3.92. The number of carbonyl (C=O) groups excluding carboxylic acids is 2. The minimum absolute atomic E-state index is 0.0623. The molecule has 0 spiro atoms. The lowest BCUT2D eigenvalue weighted by molar-refractivity contribution is -0.117. The van der Waals surface area contributed by atoms with E-state index in [0.29, 0.717) is 5.69 Å². The van der Waals surface area contributed by atoms with E-state index in [0.717, 1.165) is 10.9 Å². The monoisotopic (exact) mass is 230 g/mol. The second-order valence-electron chi connectivity index (χ2n) is 3.92. The number of nitrogens with one attached hydrogen (secondary N) is 1. The zero-order chi connectivity index (χ0) is 12.0. The van der Waals surface area contributed by atoms with Crippen molar-refractivity contribution in [1.29, 1.82) is 0 Å². The van der Waals surface area contributed by atoms with Gasteiger partial charge in [0.05, 0.1) is 17.4 Å². The van der Waals surface area contributed by atoms with Crippen molar-refractivity contribution in [2.45, 2.75) is 0 Å². The standard InChI is InChI=1S/C11H10N4O2/c1-14-8-3-2-4-9(7(8)5-12-14)15-6-10(16)13-11(15)17/h2-5H,6H2,1H3,(H,13,16,17). The van der Waals surface area contributed by atoms with Gasteiger partial charge in [0.15, 0.2) is 0 Å². The molecule has 1 aliphatic heterocycles. The van der Waals surface area contributed by atoms with Crippen molar-refractivity contribution in [3.8, 4) is 0 Å². The van der Waals surface area contributed by atoms with E-state index >= 15 is 0 Å². The number of urea groups is 1. The average Bonchev–Trinajstić information content (AvgIpc) is 2.83. The number of benzene rings is 1. The number of nitrogens with zero attached hydrogens (tertiary/aromatic N) is 3. The van der Waals surface area contributed by atoms with Gasteiger partial charge in [0.2, 0.25) is 5.91 Å². The zero-order valence-corrected chi connectivity index (χ0v) is 9.17. The smallest absolute Gasteiger partial charge is 0.284 e. The Balaban J connectivity index is 2.17. The molecule has 2 aromatic rings. The molecule has 0 unspecified atom stereocenters. The fraction of sp³-hybridized carbons (Fsp3) is 0.182. The Labute approximate surface area is 96.8 Å². The molecule has 1 saturated heterocycles. The highest BCUT2D eigenvalue weighted by atomic mass is 16.2. The van der Waals surface area contributed by atoms with Crippen LogP contribution in [0, 0.1) is 0 Å². The van der Waals surface area contributed by atoms with Crippen molar-refractivity contribution >= 4 is 28.5 Å². The van der Waals surface area contributed by atoms with Gasteiger partial charge in [-0.05, 0) is 12.1 Å². The van der Waals surface area contributed by atoms with Crippen LogP contribution in [-0.2, 0) is 11.8 Å². The number of carbonyl (C=O) groups is 2. The number of amides is 3. The molecule has 1 N–H and O–H groups in total. The van der Waals surface area contributed by atoms with Gasteiger partial charge in [-0.25, -0.2) is 4.79 Å². The maximum absolute atomic E-state index is 11.6. The first-order valence-electron chi connectivity index (χ1n) is 5.19. The highest BCUT2D eigenvalue weighted by molar-refractivity contribution is 6.15. The summed E-state index contributed by atoms with van der Waals surface area (Å²) in [7, 11) is 1.83. The first-order valence-corrected chi connectivity index (χ1v) is 5.19. The van der Waals surface area contributed by atoms with E-state index in [2.05, 4.69) is 10.4 Å². The highest BCUT2D eigenvalue weighted by Gasteiger charge is 2.29. The van der Waals surface area contributed by atoms with Crippen molar-refractivity contribution < 1.29 is 9.59 Å². The summed E-state index contributed by atoms with van der Waals surface area (Å²) in [4.78, 5) is 24.2. The van der Waals surface area contributed by atoms with Gasteiger partial charge in [-0.2, -0.15) is 5.10 Å². The third-order valence-electron chi connectivity index (χ3n) is 2.85. The molecule has 86 valence electrons. The molecule has 6 nitrogen and oxygen atoms in total. The quantitative estimate of drug-likeness (QED) is 0.730. The van der Waals surface area contributed by atoms with Crippen molar-refractivity contribution in [2.24, 2.45) is 7.05 Å². The first-order chi connectivity index (χ1) is 8.16. The summed E-state index contributed by atoms with van der Waals surface area (Å²) in [5.41, 5.74) is 1.63. The van der Waals surface area contributed by atoms with Gasteiger partial charge in [-0.3, -0.25) is 19.7 Å². The fourth-order valence-electron chi connectivity index (χ4n) is 2.03. The molecular weight excluding hydrogens is 220 g/mol. The molecule has 17 heavy (non-hydrogen) atoms. The molecular formula is C11H10N4O2. The molecule has 0 radical (unpaired) electrons. The van der Waals surface area contributed by atoms with Crippen molar-refractivity contribution in [2.75, 3.05) is 11.4 Å². The van der Waals surface area contributed by atoms with Crippen LogP contribution in [0.5, 0.6) is 0 Å². The second kappa shape index (κ2) is 3.31. The number of fused-ring (bicyclic) bond motifs is 1. The van der Waals surface area contributed by atoms with Gasteiger partial charge in [-0.15, -0.1) is 0 Å². The summed E-state index contributed by atoms with van der Waals surface area (Å²) in [5.74, 6) is -0.282. The van der Waals surface area contributed by atoms with E-state index in [1.54, 1.807) is 10.9 Å². The van der Waals surface area contributed by atoms with Crippen LogP contribution in [0.25, 0.3) is 10.9 Å². The number of hydrogen-bond donors (Lipinski definition) is 1. The fourth-order valence-corrected chi connectivity index (χ4v) is 2.03. The predicted octanol–water partition coefficient (Wildman–Crippen LogP) is 0.629. The Hall–Kier alpha value is -2.37. The van der Waals surface area contributed by atoms with Crippen LogP contribution in [0.15, 0.2) is 24.4 Å². The van der Waals surface area contributed by atoms with E-state index in [1.165, 1.54) is 4.90 Å². The van der Waals surface area contributed by atoms with Gasteiger partial charge >= 0.3 is 6.03 Å². The molecule has 1 aliphatic rings. The third-order valence-corrected chi connectivity index (χ3v) is 2.85. The Morgan fingerprint density at radius 1 is 1.35 bits per heavy atom. The van der Waals surface area contributed by atoms with Crippen LogP contribution in [0.2, 0.25) is 0 Å². The zero-order valence-electron chi connectivity index (χ0n) is 9.17. The van der Waals surface area contributed by atoms with E-state index in [9.17, 15) is 9.59 Å². The van der Waals surface area contributed by atoms with Crippen LogP contribution >= 0.6 is 0 Å². The highest BCUT2D eigenvalue weighted by Crippen LogP contribution is 2.27. The number of aryl methyl sites for hydroxylation is 1. The molecule has 0 atom stereocenters. The summed E-state index contributed by atoms with van der Waals surface area (Å²) >= 11 is 0. The first kappa shape index (κ1) is 9.83. The summed E-state index contributed by atoms with van der Waals surface area (Å²) in [6.07, 6.45) is 1.70. The molecule has 1 fully saturated rings. The molecule has 3 amide bonds.